The summed E-state index contributed by atoms with van der Waals surface area (Å²) < 4.78 is 0. The Kier molecular flexibility index (Phi) is 5.64. The Morgan fingerprint density at radius 1 is 1.12 bits per heavy atom. The van der Waals surface area contributed by atoms with Gasteiger partial charge in [0.2, 0.25) is 0 Å². The smallest absolute Gasteiger partial charge is 0.0332 e. The molecule has 0 nitrogen and oxygen atoms in total. The van der Waals surface area contributed by atoms with Gasteiger partial charge in [0.1, 0.15) is 0 Å². The van der Waals surface area contributed by atoms with E-state index in [1.165, 1.54) is 24.0 Å². The van der Waals surface area contributed by atoms with Gasteiger partial charge in [0, 0.05) is 17.2 Å². The summed E-state index contributed by atoms with van der Waals surface area (Å²) in [7, 11) is 0. The molecular formula is C14H20Cl2. The maximum atomic E-state index is 6.18. The summed E-state index contributed by atoms with van der Waals surface area (Å²) >= 11 is 12.4. The first-order valence-electron chi connectivity index (χ1n) is 5.88. The van der Waals surface area contributed by atoms with E-state index in [1.807, 2.05) is 0 Å². The van der Waals surface area contributed by atoms with Crippen LogP contribution in [0.4, 0.5) is 0 Å². The Balaban J connectivity index is 3.05. The molecule has 2 heteroatoms. The summed E-state index contributed by atoms with van der Waals surface area (Å²) in [5.74, 6) is 1.20. The van der Waals surface area contributed by atoms with Gasteiger partial charge in [-0.3, -0.25) is 0 Å². The maximum absolute atomic E-state index is 6.18. The highest BCUT2D eigenvalue weighted by molar-refractivity contribution is 6.22. The largest absolute Gasteiger partial charge is 0.126 e. The number of rotatable bonds is 6. The fraction of sp³-hybridized carbons (Fsp3) is 0.571. The summed E-state index contributed by atoms with van der Waals surface area (Å²) in [4.78, 5) is 0. The molecule has 16 heavy (non-hydrogen) atoms. The highest BCUT2D eigenvalue weighted by atomic mass is 35.5. The molecule has 0 saturated heterocycles. The van der Waals surface area contributed by atoms with Crippen molar-refractivity contribution in [1.82, 2.24) is 0 Å². The second-order valence-electron chi connectivity index (χ2n) is 4.47. The van der Waals surface area contributed by atoms with E-state index in [9.17, 15) is 0 Å². The second-order valence-corrected chi connectivity index (χ2v) is 5.00. The van der Waals surface area contributed by atoms with Crippen LogP contribution in [-0.4, -0.2) is 11.8 Å². The van der Waals surface area contributed by atoms with Crippen molar-refractivity contribution in [3.63, 3.8) is 0 Å². The van der Waals surface area contributed by atoms with Gasteiger partial charge in [0.25, 0.3) is 0 Å². The van der Waals surface area contributed by atoms with Crippen LogP contribution in [0.15, 0.2) is 24.3 Å². The van der Waals surface area contributed by atoms with Gasteiger partial charge in [-0.25, -0.2) is 0 Å². The molecule has 0 aliphatic carbocycles. The standard InChI is InChI=1S/C14H20Cl2/c1-3-4-9-14(10-15,11-16)13-8-6-5-7-12(13)2/h5-8H,3-4,9-11H2,1-2H3. The summed E-state index contributed by atoms with van der Waals surface area (Å²) in [6, 6.07) is 8.43. The molecule has 0 unspecified atom stereocenters. The Morgan fingerprint density at radius 3 is 2.25 bits per heavy atom. The number of alkyl halides is 2. The van der Waals surface area contributed by atoms with E-state index in [1.54, 1.807) is 0 Å². The van der Waals surface area contributed by atoms with Gasteiger partial charge in [-0.2, -0.15) is 0 Å². The third-order valence-electron chi connectivity index (χ3n) is 3.24. The molecule has 0 amide bonds. The summed E-state index contributed by atoms with van der Waals surface area (Å²) in [5, 5.41) is 0. The van der Waals surface area contributed by atoms with Crippen LogP contribution in [0.25, 0.3) is 0 Å². The van der Waals surface area contributed by atoms with Gasteiger partial charge < -0.3 is 0 Å². The van der Waals surface area contributed by atoms with Gasteiger partial charge in [-0.1, -0.05) is 44.0 Å². The maximum Gasteiger partial charge on any atom is 0.0332 e. The van der Waals surface area contributed by atoms with Crippen molar-refractivity contribution in [3.05, 3.63) is 35.4 Å². The molecule has 1 aromatic rings. The van der Waals surface area contributed by atoms with Gasteiger partial charge in [0.15, 0.2) is 0 Å². The molecule has 0 spiro atoms. The first kappa shape index (κ1) is 13.9. The number of benzene rings is 1. The monoisotopic (exact) mass is 258 g/mol. The van der Waals surface area contributed by atoms with Crippen molar-refractivity contribution in [2.75, 3.05) is 11.8 Å². The predicted octanol–water partition coefficient (Wildman–Crippen LogP) is 4.90. The number of hydrogen-bond donors (Lipinski definition) is 0. The summed E-state index contributed by atoms with van der Waals surface area (Å²) in [5.41, 5.74) is 2.55. The van der Waals surface area contributed by atoms with E-state index < -0.39 is 0 Å². The van der Waals surface area contributed by atoms with Crippen molar-refractivity contribution in [2.45, 2.75) is 38.5 Å². The topological polar surface area (TPSA) is 0 Å². The molecule has 1 aromatic carbocycles. The lowest BCUT2D eigenvalue weighted by Crippen LogP contribution is -2.31. The van der Waals surface area contributed by atoms with E-state index in [0.29, 0.717) is 11.8 Å². The number of aryl methyl sites for hydroxylation is 1. The van der Waals surface area contributed by atoms with Gasteiger partial charge in [-0.05, 0) is 24.5 Å². The van der Waals surface area contributed by atoms with Crippen molar-refractivity contribution < 1.29 is 0 Å². The molecule has 0 heterocycles. The summed E-state index contributed by atoms with van der Waals surface area (Å²) in [6.45, 7) is 4.33. The average Bonchev–Trinajstić information content (AvgIpc) is 2.33. The molecule has 1 rings (SSSR count). The zero-order valence-electron chi connectivity index (χ0n) is 10.1. The van der Waals surface area contributed by atoms with E-state index in [-0.39, 0.29) is 5.41 Å². The van der Waals surface area contributed by atoms with E-state index in [0.717, 1.165) is 6.42 Å². The SMILES string of the molecule is CCCCC(CCl)(CCl)c1ccccc1C. The van der Waals surface area contributed by atoms with Gasteiger partial charge in [-0.15, -0.1) is 23.2 Å². The lowest BCUT2D eigenvalue weighted by atomic mass is 9.78. The first-order chi connectivity index (χ1) is 7.70. The van der Waals surface area contributed by atoms with Gasteiger partial charge >= 0.3 is 0 Å². The molecule has 0 aliphatic heterocycles. The molecule has 0 saturated carbocycles. The molecule has 0 aromatic heterocycles. The molecule has 90 valence electrons. The zero-order valence-corrected chi connectivity index (χ0v) is 11.6. The molecular weight excluding hydrogens is 239 g/mol. The van der Waals surface area contributed by atoms with Gasteiger partial charge in [0.05, 0.1) is 0 Å². The van der Waals surface area contributed by atoms with E-state index in [4.69, 9.17) is 23.2 Å². The fourth-order valence-corrected chi connectivity index (χ4v) is 2.97. The normalized spacial score (nSPS) is 11.8. The molecule has 0 fully saturated rings. The Hall–Kier alpha value is -0.200. The molecule has 0 bridgehead atoms. The minimum Gasteiger partial charge on any atom is -0.126 e. The Bertz CT molecular complexity index is 316. The van der Waals surface area contributed by atoms with Crippen LogP contribution in [-0.2, 0) is 5.41 Å². The molecule has 0 N–H and O–H groups in total. The van der Waals surface area contributed by atoms with Crippen LogP contribution >= 0.6 is 23.2 Å². The van der Waals surface area contributed by atoms with Crippen molar-refractivity contribution >= 4 is 23.2 Å². The highest BCUT2D eigenvalue weighted by Crippen LogP contribution is 2.34. The van der Waals surface area contributed by atoms with Crippen LogP contribution in [0.3, 0.4) is 0 Å². The number of unbranched alkanes of at least 4 members (excludes halogenated alkanes) is 1. The van der Waals surface area contributed by atoms with E-state index >= 15 is 0 Å². The van der Waals surface area contributed by atoms with E-state index in [2.05, 4.69) is 38.1 Å². The lowest BCUT2D eigenvalue weighted by molar-refractivity contribution is 0.467. The number of hydrogen-bond acceptors (Lipinski definition) is 0. The van der Waals surface area contributed by atoms with Crippen LogP contribution in [0.5, 0.6) is 0 Å². The van der Waals surface area contributed by atoms with Crippen molar-refractivity contribution in [1.29, 1.82) is 0 Å². The Labute approximate surface area is 109 Å². The quantitative estimate of drug-likeness (QED) is 0.637. The van der Waals surface area contributed by atoms with Crippen molar-refractivity contribution in [2.24, 2.45) is 0 Å². The fourth-order valence-electron chi connectivity index (χ4n) is 2.13. The predicted molar refractivity (Wildman–Crippen MR) is 73.8 cm³/mol. The molecule has 0 radical (unpaired) electrons. The van der Waals surface area contributed by atoms with Crippen LogP contribution in [0, 0.1) is 6.92 Å². The minimum atomic E-state index is -0.0511. The minimum absolute atomic E-state index is 0.0511. The Morgan fingerprint density at radius 2 is 1.75 bits per heavy atom. The lowest BCUT2D eigenvalue weighted by Gasteiger charge is -2.31. The average molecular weight is 259 g/mol. The van der Waals surface area contributed by atoms with Crippen molar-refractivity contribution in [3.8, 4) is 0 Å². The van der Waals surface area contributed by atoms with Crippen LogP contribution in [0.1, 0.15) is 37.3 Å². The van der Waals surface area contributed by atoms with Crippen LogP contribution in [0.2, 0.25) is 0 Å². The second kappa shape index (κ2) is 6.51. The summed E-state index contributed by atoms with van der Waals surface area (Å²) in [6.07, 6.45) is 3.43. The molecule has 0 atom stereocenters. The highest BCUT2D eigenvalue weighted by Gasteiger charge is 2.30. The first-order valence-corrected chi connectivity index (χ1v) is 6.95. The zero-order chi connectivity index (χ0) is 12.0. The third-order valence-corrected chi connectivity index (χ3v) is 4.26. The molecule has 0 aliphatic rings. The van der Waals surface area contributed by atoms with Crippen LogP contribution < -0.4 is 0 Å². The number of halogens is 2. The third kappa shape index (κ3) is 2.93.